The molecular formula is C12H17BrN2. The number of halogens is 1. The van der Waals surface area contributed by atoms with E-state index in [1.54, 1.807) is 0 Å². The van der Waals surface area contributed by atoms with Gasteiger partial charge < -0.3 is 0 Å². The molecule has 2 nitrogen and oxygen atoms in total. The smallest absolute Gasteiger partial charge is 0.0372 e. The molecule has 2 atom stereocenters. The van der Waals surface area contributed by atoms with Gasteiger partial charge >= 0.3 is 0 Å². The minimum atomic E-state index is 0.658. The first-order chi connectivity index (χ1) is 7.15. The van der Waals surface area contributed by atoms with Crippen molar-refractivity contribution in [3.63, 3.8) is 0 Å². The fourth-order valence-corrected chi connectivity index (χ4v) is 2.99. The molecule has 0 N–H and O–H groups in total. The summed E-state index contributed by atoms with van der Waals surface area (Å²) in [4.78, 5) is 7.49. The third-order valence-electron chi connectivity index (χ3n) is 3.01. The zero-order valence-corrected chi connectivity index (χ0v) is 10.9. The van der Waals surface area contributed by atoms with E-state index in [9.17, 15) is 0 Å². The van der Waals surface area contributed by atoms with Crippen molar-refractivity contribution in [2.75, 3.05) is 6.54 Å². The first-order valence-electron chi connectivity index (χ1n) is 5.45. The lowest BCUT2D eigenvalue weighted by Gasteiger charge is -2.20. The first kappa shape index (κ1) is 11.1. The lowest BCUT2D eigenvalue weighted by atomic mass is 10.2. The second-order valence-corrected chi connectivity index (χ2v) is 5.71. The van der Waals surface area contributed by atoms with Crippen LogP contribution in [0.4, 0.5) is 0 Å². The number of pyridine rings is 1. The lowest BCUT2D eigenvalue weighted by Crippen LogP contribution is -2.26. The minimum Gasteiger partial charge on any atom is -0.295 e. The highest BCUT2D eigenvalue weighted by Gasteiger charge is 2.26. The Morgan fingerprint density at radius 1 is 1.53 bits per heavy atom. The maximum Gasteiger partial charge on any atom is 0.0372 e. The van der Waals surface area contributed by atoms with Gasteiger partial charge in [-0.05, 0) is 31.9 Å². The van der Waals surface area contributed by atoms with E-state index in [4.69, 9.17) is 0 Å². The van der Waals surface area contributed by atoms with Gasteiger partial charge in [-0.15, -0.1) is 0 Å². The Morgan fingerprint density at radius 2 is 2.33 bits per heavy atom. The van der Waals surface area contributed by atoms with Gasteiger partial charge in [0.05, 0.1) is 0 Å². The fourth-order valence-electron chi connectivity index (χ4n) is 2.07. The molecule has 1 saturated heterocycles. The molecule has 0 amide bonds. The van der Waals surface area contributed by atoms with Gasteiger partial charge in [-0.3, -0.25) is 9.88 Å². The normalized spacial score (nSPS) is 27.1. The summed E-state index contributed by atoms with van der Waals surface area (Å²) in [6.45, 7) is 6.49. The Bertz CT molecular complexity index is 323. The molecule has 1 aliphatic heterocycles. The van der Waals surface area contributed by atoms with Crippen molar-refractivity contribution in [1.82, 2.24) is 9.88 Å². The van der Waals surface area contributed by atoms with Crippen molar-refractivity contribution in [3.8, 4) is 0 Å². The van der Waals surface area contributed by atoms with Crippen LogP contribution in [0.2, 0.25) is 0 Å². The van der Waals surface area contributed by atoms with Crippen LogP contribution < -0.4 is 0 Å². The van der Waals surface area contributed by atoms with Crippen molar-refractivity contribution in [2.45, 2.75) is 37.7 Å². The Balaban J connectivity index is 2.00. The number of hydrogen-bond donors (Lipinski definition) is 0. The van der Waals surface area contributed by atoms with Crippen LogP contribution in [0, 0.1) is 6.92 Å². The number of aromatic nitrogens is 1. The molecule has 0 radical (unpaired) electrons. The summed E-state index contributed by atoms with van der Waals surface area (Å²) in [6, 6.07) is 4.94. The molecule has 0 aromatic carbocycles. The molecule has 1 aliphatic rings. The van der Waals surface area contributed by atoms with Crippen LogP contribution >= 0.6 is 15.9 Å². The highest BCUT2D eigenvalue weighted by Crippen LogP contribution is 2.24. The first-order valence-corrected chi connectivity index (χ1v) is 6.36. The van der Waals surface area contributed by atoms with Crippen molar-refractivity contribution >= 4 is 15.9 Å². The molecule has 1 fully saturated rings. The molecule has 1 aromatic heterocycles. The van der Waals surface area contributed by atoms with Crippen molar-refractivity contribution < 1.29 is 0 Å². The van der Waals surface area contributed by atoms with Gasteiger partial charge in [-0.2, -0.15) is 0 Å². The maximum absolute atomic E-state index is 4.33. The SMILES string of the molecule is Cc1ccc(CN2CC(Br)CC2C)cn1. The van der Waals surface area contributed by atoms with Crippen molar-refractivity contribution in [3.05, 3.63) is 29.6 Å². The minimum absolute atomic E-state index is 0.658. The number of hydrogen-bond acceptors (Lipinski definition) is 2. The predicted molar refractivity (Wildman–Crippen MR) is 66.2 cm³/mol. The lowest BCUT2D eigenvalue weighted by molar-refractivity contribution is 0.260. The molecule has 0 aliphatic carbocycles. The number of likely N-dealkylation sites (tertiary alicyclic amines) is 1. The zero-order chi connectivity index (χ0) is 10.8. The average molecular weight is 269 g/mol. The van der Waals surface area contributed by atoms with Crippen LogP contribution in [0.1, 0.15) is 24.6 Å². The Labute approximate surface area is 99.8 Å². The third-order valence-corrected chi connectivity index (χ3v) is 3.67. The fraction of sp³-hybridized carbons (Fsp3) is 0.583. The Morgan fingerprint density at radius 3 is 2.87 bits per heavy atom. The topological polar surface area (TPSA) is 16.1 Å². The van der Waals surface area contributed by atoms with Crippen LogP contribution in [0.15, 0.2) is 18.3 Å². The van der Waals surface area contributed by atoms with Gasteiger partial charge in [-0.25, -0.2) is 0 Å². The molecule has 2 rings (SSSR count). The second-order valence-electron chi connectivity index (χ2n) is 4.42. The molecule has 2 heterocycles. The standard InChI is InChI=1S/C12H17BrN2/c1-9-3-4-11(6-14-9)7-15-8-12(13)5-10(15)2/h3-4,6,10,12H,5,7-8H2,1-2H3. The van der Waals surface area contributed by atoms with Gasteiger partial charge in [0.2, 0.25) is 0 Å². The third kappa shape index (κ3) is 2.79. The van der Waals surface area contributed by atoms with Crippen LogP contribution in [0.5, 0.6) is 0 Å². The van der Waals surface area contributed by atoms with Crippen LogP contribution in [-0.2, 0) is 6.54 Å². The predicted octanol–water partition coefficient (Wildman–Crippen LogP) is 2.75. The van der Waals surface area contributed by atoms with E-state index in [1.807, 2.05) is 13.1 Å². The van der Waals surface area contributed by atoms with Gasteiger partial charge in [-0.1, -0.05) is 22.0 Å². The molecule has 0 saturated carbocycles. The molecule has 0 bridgehead atoms. The maximum atomic E-state index is 4.33. The summed E-state index contributed by atoms with van der Waals surface area (Å²) in [5, 5.41) is 0. The highest BCUT2D eigenvalue weighted by atomic mass is 79.9. The summed E-state index contributed by atoms with van der Waals surface area (Å²) in [5.74, 6) is 0. The summed E-state index contributed by atoms with van der Waals surface area (Å²) >= 11 is 3.69. The number of nitrogens with zero attached hydrogens (tertiary/aromatic N) is 2. The number of alkyl halides is 1. The van der Waals surface area contributed by atoms with E-state index >= 15 is 0 Å². The van der Waals surface area contributed by atoms with E-state index in [2.05, 4.69) is 44.9 Å². The van der Waals surface area contributed by atoms with E-state index < -0.39 is 0 Å². The van der Waals surface area contributed by atoms with Gasteiger partial charge in [0.15, 0.2) is 0 Å². The second kappa shape index (κ2) is 4.62. The van der Waals surface area contributed by atoms with Gasteiger partial charge in [0, 0.05) is 35.8 Å². The van der Waals surface area contributed by atoms with E-state index in [0.29, 0.717) is 10.9 Å². The summed E-state index contributed by atoms with van der Waals surface area (Å²) < 4.78 is 0. The highest BCUT2D eigenvalue weighted by molar-refractivity contribution is 9.09. The van der Waals surface area contributed by atoms with Crippen molar-refractivity contribution in [1.29, 1.82) is 0 Å². The molecule has 15 heavy (non-hydrogen) atoms. The molecule has 3 heteroatoms. The van der Waals surface area contributed by atoms with E-state index in [1.165, 1.54) is 12.0 Å². The van der Waals surface area contributed by atoms with E-state index in [0.717, 1.165) is 18.8 Å². The average Bonchev–Trinajstić information content (AvgIpc) is 2.49. The van der Waals surface area contributed by atoms with Gasteiger partial charge in [0.25, 0.3) is 0 Å². The molecule has 0 spiro atoms. The zero-order valence-electron chi connectivity index (χ0n) is 9.28. The molecule has 1 aromatic rings. The van der Waals surface area contributed by atoms with Crippen molar-refractivity contribution in [2.24, 2.45) is 0 Å². The number of aryl methyl sites for hydroxylation is 1. The summed E-state index contributed by atoms with van der Waals surface area (Å²) in [6.07, 6.45) is 3.24. The largest absolute Gasteiger partial charge is 0.295 e. The van der Waals surface area contributed by atoms with Crippen LogP contribution in [0.3, 0.4) is 0 Å². The monoisotopic (exact) mass is 268 g/mol. The van der Waals surface area contributed by atoms with Crippen LogP contribution in [0.25, 0.3) is 0 Å². The summed E-state index contributed by atoms with van der Waals surface area (Å²) in [5.41, 5.74) is 2.40. The molecule has 82 valence electrons. The number of rotatable bonds is 2. The van der Waals surface area contributed by atoms with Gasteiger partial charge in [0.1, 0.15) is 0 Å². The van der Waals surface area contributed by atoms with Crippen LogP contribution in [-0.4, -0.2) is 27.3 Å². The molecule has 2 unspecified atom stereocenters. The quantitative estimate of drug-likeness (QED) is 0.767. The summed E-state index contributed by atoms with van der Waals surface area (Å²) in [7, 11) is 0. The Hall–Kier alpha value is -0.410. The Kier molecular flexibility index (Phi) is 3.42. The van der Waals surface area contributed by atoms with E-state index in [-0.39, 0.29) is 0 Å². The molecular weight excluding hydrogens is 252 g/mol.